The largest absolute Gasteiger partial charge is 0.480 e. The van der Waals surface area contributed by atoms with Crippen molar-refractivity contribution >= 4 is 27.8 Å². The van der Waals surface area contributed by atoms with Crippen molar-refractivity contribution in [3.05, 3.63) is 34.1 Å². The van der Waals surface area contributed by atoms with E-state index in [1.165, 1.54) is 25.2 Å². The minimum atomic E-state index is -1.07. The standard InChI is InChI=1S/C11H11BrFNO3/c1-14(6-11(16)17)10(15)5-7-2-3-9(13)8(12)4-7/h2-4H,5-6H2,1H3,(H,16,17). The highest BCUT2D eigenvalue weighted by Gasteiger charge is 2.13. The Hall–Kier alpha value is -1.43. The zero-order valence-electron chi connectivity index (χ0n) is 9.11. The molecular formula is C11H11BrFNO3. The second kappa shape index (κ2) is 5.77. The fraction of sp³-hybridized carbons (Fsp3) is 0.273. The number of likely N-dealkylation sites (N-methyl/N-ethyl adjacent to an activating group) is 1. The molecule has 0 aromatic heterocycles. The van der Waals surface area contributed by atoms with Gasteiger partial charge in [0.25, 0.3) is 0 Å². The molecule has 92 valence electrons. The molecule has 0 fully saturated rings. The number of amides is 1. The second-order valence-corrected chi connectivity index (χ2v) is 4.42. The van der Waals surface area contributed by atoms with Crippen LogP contribution in [0.3, 0.4) is 0 Å². The van der Waals surface area contributed by atoms with Crippen molar-refractivity contribution in [1.82, 2.24) is 4.90 Å². The van der Waals surface area contributed by atoms with E-state index in [1.54, 1.807) is 0 Å². The van der Waals surface area contributed by atoms with Crippen LogP contribution in [0.1, 0.15) is 5.56 Å². The normalized spacial score (nSPS) is 10.1. The molecule has 1 aromatic rings. The van der Waals surface area contributed by atoms with Crippen molar-refractivity contribution in [1.29, 1.82) is 0 Å². The molecule has 1 rings (SSSR count). The number of carbonyl (C=O) groups excluding carboxylic acids is 1. The van der Waals surface area contributed by atoms with Gasteiger partial charge < -0.3 is 10.0 Å². The summed E-state index contributed by atoms with van der Waals surface area (Å²) >= 11 is 3.02. The molecule has 1 aromatic carbocycles. The summed E-state index contributed by atoms with van der Waals surface area (Å²) in [6, 6.07) is 4.25. The van der Waals surface area contributed by atoms with Crippen molar-refractivity contribution < 1.29 is 19.1 Å². The Balaban J connectivity index is 2.67. The van der Waals surface area contributed by atoms with Gasteiger partial charge in [-0.15, -0.1) is 0 Å². The topological polar surface area (TPSA) is 57.6 Å². The van der Waals surface area contributed by atoms with Crippen LogP contribution in [0.2, 0.25) is 0 Å². The highest BCUT2D eigenvalue weighted by Crippen LogP contribution is 2.17. The Kier molecular flexibility index (Phi) is 4.62. The lowest BCUT2D eigenvalue weighted by atomic mass is 10.1. The van der Waals surface area contributed by atoms with Crippen LogP contribution in [0, 0.1) is 5.82 Å². The van der Waals surface area contributed by atoms with Crippen LogP contribution in [-0.2, 0) is 16.0 Å². The average Bonchev–Trinajstić information content (AvgIpc) is 2.22. The van der Waals surface area contributed by atoms with E-state index in [4.69, 9.17) is 5.11 Å². The molecule has 0 unspecified atom stereocenters. The maximum atomic E-state index is 12.9. The Morgan fingerprint density at radius 3 is 2.65 bits per heavy atom. The third-order valence-corrected chi connectivity index (χ3v) is 2.75. The van der Waals surface area contributed by atoms with Gasteiger partial charge in [-0.25, -0.2) is 4.39 Å². The summed E-state index contributed by atoms with van der Waals surface area (Å²) in [6.45, 7) is -0.346. The molecule has 0 aliphatic rings. The summed E-state index contributed by atoms with van der Waals surface area (Å²) in [7, 11) is 1.41. The molecular weight excluding hydrogens is 293 g/mol. The summed E-state index contributed by atoms with van der Waals surface area (Å²) in [4.78, 5) is 23.1. The smallest absolute Gasteiger partial charge is 0.323 e. The number of carbonyl (C=O) groups is 2. The third-order valence-electron chi connectivity index (χ3n) is 2.14. The number of rotatable bonds is 4. The van der Waals surface area contributed by atoms with E-state index >= 15 is 0 Å². The van der Waals surface area contributed by atoms with Gasteiger partial charge in [0.15, 0.2) is 0 Å². The van der Waals surface area contributed by atoms with E-state index in [9.17, 15) is 14.0 Å². The number of carboxylic acid groups (broad SMARTS) is 1. The van der Waals surface area contributed by atoms with Crippen molar-refractivity contribution in [3.8, 4) is 0 Å². The molecule has 0 spiro atoms. The number of nitrogens with zero attached hydrogens (tertiary/aromatic N) is 1. The van der Waals surface area contributed by atoms with Crippen LogP contribution in [0.5, 0.6) is 0 Å². The lowest BCUT2D eigenvalue weighted by Crippen LogP contribution is -2.33. The fourth-order valence-electron chi connectivity index (χ4n) is 1.25. The first-order valence-corrected chi connectivity index (χ1v) is 5.59. The first kappa shape index (κ1) is 13.6. The summed E-state index contributed by atoms with van der Waals surface area (Å²) in [5.74, 6) is -1.80. The predicted molar refractivity (Wildman–Crippen MR) is 63.1 cm³/mol. The Morgan fingerprint density at radius 2 is 2.12 bits per heavy atom. The predicted octanol–water partition coefficient (Wildman–Crippen LogP) is 1.67. The van der Waals surface area contributed by atoms with Gasteiger partial charge in [-0.1, -0.05) is 6.07 Å². The molecule has 6 heteroatoms. The quantitative estimate of drug-likeness (QED) is 0.920. The number of carboxylic acids is 1. The van der Waals surface area contributed by atoms with Gasteiger partial charge in [0, 0.05) is 7.05 Å². The zero-order valence-corrected chi connectivity index (χ0v) is 10.7. The van der Waals surface area contributed by atoms with Crippen molar-refractivity contribution in [3.63, 3.8) is 0 Å². The van der Waals surface area contributed by atoms with Gasteiger partial charge in [-0.05, 0) is 33.6 Å². The van der Waals surface area contributed by atoms with Crippen LogP contribution in [0.4, 0.5) is 4.39 Å². The SMILES string of the molecule is CN(CC(=O)O)C(=O)Cc1ccc(F)c(Br)c1. The Morgan fingerprint density at radius 1 is 1.47 bits per heavy atom. The summed E-state index contributed by atoms with van der Waals surface area (Å²) in [5.41, 5.74) is 0.625. The molecule has 17 heavy (non-hydrogen) atoms. The molecule has 0 saturated carbocycles. The van der Waals surface area contributed by atoms with E-state index in [0.717, 1.165) is 4.90 Å². The lowest BCUT2D eigenvalue weighted by Gasteiger charge is -2.14. The van der Waals surface area contributed by atoms with Gasteiger partial charge in [-0.3, -0.25) is 9.59 Å². The van der Waals surface area contributed by atoms with Crippen molar-refractivity contribution in [2.24, 2.45) is 0 Å². The summed E-state index contributed by atoms with van der Waals surface area (Å²) < 4.78 is 13.2. The van der Waals surface area contributed by atoms with Crippen molar-refractivity contribution in [2.45, 2.75) is 6.42 Å². The van der Waals surface area contributed by atoms with E-state index in [0.29, 0.717) is 5.56 Å². The van der Waals surface area contributed by atoms with Gasteiger partial charge in [-0.2, -0.15) is 0 Å². The van der Waals surface area contributed by atoms with Crippen molar-refractivity contribution in [2.75, 3.05) is 13.6 Å². The lowest BCUT2D eigenvalue weighted by molar-refractivity contribution is -0.143. The molecule has 0 radical (unpaired) electrons. The van der Waals surface area contributed by atoms with Crippen LogP contribution >= 0.6 is 15.9 Å². The average molecular weight is 304 g/mol. The Bertz CT molecular complexity index is 450. The molecule has 4 nitrogen and oxygen atoms in total. The minimum absolute atomic E-state index is 0.0443. The van der Waals surface area contributed by atoms with E-state index < -0.39 is 11.8 Å². The Labute approximate surface area is 106 Å². The van der Waals surface area contributed by atoms with Crippen LogP contribution in [0.25, 0.3) is 0 Å². The molecule has 0 heterocycles. The van der Waals surface area contributed by atoms with Crippen LogP contribution < -0.4 is 0 Å². The monoisotopic (exact) mass is 303 g/mol. The van der Waals surface area contributed by atoms with Gasteiger partial charge in [0.1, 0.15) is 12.4 Å². The third kappa shape index (κ3) is 4.14. The molecule has 1 amide bonds. The number of hydrogen-bond acceptors (Lipinski definition) is 2. The molecule has 1 N–H and O–H groups in total. The molecule has 0 aliphatic carbocycles. The van der Waals surface area contributed by atoms with E-state index in [1.807, 2.05) is 0 Å². The number of halogens is 2. The van der Waals surface area contributed by atoms with Gasteiger partial charge in [0.2, 0.25) is 5.91 Å². The molecule has 0 saturated heterocycles. The maximum Gasteiger partial charge on any atom is 0.323 e. The van der Waals surface area contributed by atoms with Gasteiger partial charge >= 0.3 is 5.97 Å². The summed E-state index contributed by atoms with van der Waals surface area (Å²) in [6.07, 6.45) is 0.0443. The first-order valence-electron chi connectivity index (χ1n) is 4.80. The van der Waals surface area contributed by atoms with Crippen LogP contribution in [-0.4, -0.2) is 35.5 Å². The van der Waals surface area contributed by atoms with Gasteiger partial charge in [0.05, 0.1) is 10.9 Å². The fourth-order valence-corrected chi connectivity index (χ4v) is 1.68. The number of benzene rings is 1. The van der Waals surface area contributed by atoms with E-state index in [-0.39, 0.29) is 23.3 Å². The first-order chi connectivity index (χ1) is 7.90. The van der Waals surface area contributed by atoms with E-state index in [2.05, 4.69) is 15.9 Å². The highest BCUT2D eigenvalue weighted by atomic mass is 79.9. The number of hydrogen-bond donors (Lipinski definition) is 1. The highest BCUT2D eigenvalue weighted by molar-refractivity contribution is 9.10. The second-order valence-electron chi connectivity index (χ2n) is 3.57. The zero-order chi connectivity index (χ0) is 13.0. The minimum Gasteiger partial charge on any atom is -0.480 e. The molecule has 0 atom stereocenters. The molecule has 0 aliphatic heterocycles. The number of aliphatic carboxylic acids is 1. The summed E-state index contributed by atoms with van der Waals surface area (Å²) in [5, 5.41) is 8.53. The molecule has 0 bridgehead atoms. The maximum absolute atomic E-state index is 12.9. The van der Waals surface area contributed by atoms with Crippen LogP contribution in [0.15, 0.2) is 22.7 Å².